The molecule has 0 radical (unpaired) electrons. The van der Waals surface area contributed by atoms with Crippen molar-refractivity contribution >= 4 is 8.32 Å². The third-order valence-electron chi connectivity index (χ3n) is 9.71. The summed E-state index contributed by atoms with van der Waals surface area (Å²) >= 11 is 0. The van der Waals surface area contributed by atoms with Gasteiger partial charge in [0.05, 0.1) is 19.8 Å². The summed E-state index contributed by atoms with van der Waals surface area (Å²) in [5, 5.41) is 12.3. The number of ether oxygens (including phenoxy) is 2. The molecule has 2 aliphatic carbocycles. The Balaban J connectivity index is 1.77. The number of hydrogen-bond donors (Lipinski definition) is 1. The van der Waals surface area contributed by atoms with Gasteiger partial charge in [0.2, 0.25) is 0 Å². The first kappa shape index (κ1) is 28.9. The van der Waals surface area contributed by atoms with E-state index in [2.05, 4.69) is 47.8 Å². The highest BCUT2D eigenvalue weighted by Gasteiger charge is 2.74. The molecule has 1 aromatic carbocycles. The number of aliphatic hydroxyl groups is 1. The summed E-state index contributed by atoms with van der Waals surface area (Å²) in [5.41, 5.74) is 0.316. The highest BCUT2D eigenvalue weighted by molar-refractivity contribution is 6.73. The van der Waals surface area contributed by atoms with E-state index in [1.54, 1.807) is 7.11 Å². The number of benzene rings is 1. The zero-order valence-electron chi connectivity index (χ0n) is 23.4. The van der Waals surface area contributed by atoms with E-state index in [4.69, 9.17) is 13.9 Å². The third kappa shape index (κ3) is 4.92. The van der Waals surface area contributed by atoms with Crippen LogP contribution >= 0.6 is 0 Å². The number of fused-ring (bicyclic) bond motifs is 2. The molecule has 200 valence electrons. The van der Waals surface area contributed by atoms with Gasteiger partial charge in [0.1, 0.15) is 11.4 Å². The van der Waals surface area contributed by atoms with E-state index in [1.165, 1.54) is 0 Å². The maximum Gasteiger partial charge on any atom is 0.191 e. The molecule has 1 N–H and O–H groups in total. The first-order valence-electron chi connectivity index (χ1n) is 13.7. The lowest BCUT2D eigenvalue weighted by atomic mass is 9.62. The molecule has 4 atom stereocenters. The minimum Gasteiger partial charge on any atom is -0.497 e. The molecule has 1 aromatic rings. The summed E-state index contributed by atoms with van der Waals surface area (Å²) in [6.45, 7) is 20.9. The predicted octanol–water partition coefficient (Wildman–Crippen LogP) is 7.46. The van der Waals surface area contributed by atoms with Crippen LogP contribution in [0, 0.1) is 16.7 Å². The van der Waals surface area contributed by atoms with Gasteiger partial charge in [-0.05, 0) is 72.5 Å². The Bertz CT molecular complexity index is 924. The largest absolute Gasteiger partial charge is 0.497 e. The van der Waals surface area contributed by atoms with E-state index < -0.39 is 19.3 Å². The molecule has 2 saturated carbocycles. The summed E-state index contributed by atoms with van der Waals surface area (Å²) in [5.74, 6) is 1.06. The van der Waals surface area contributed by atoms with Gasteiger partial charge in [0.25, 0.3) is 0 Å². The highest BCUT2D eigenvalue weighted by Crippen LogP contribution is 2.71. The van der Waals surface area contributed by atoms with Crippen molar-refractivity contribution in [2.24, 2.45) is 16.7 Å². The Morgan fingerprint density at radius 3 is 2.33 bits per heavy atom. The number of allylic oxidation sites excluding steroid dienone is 1. The van der Waals surface area contributed by atoms with Crippen molar-refractivity contribution in [1.82, 2.24) is 0 Å². The van der Waals surface area contributed by atoms with Crippen molar-refractivity contribution in [3.05, 3.63) is 66.8 Å². The average Bonchev–Trinajstić information content (AvgIpc) is 3.23. The van der Waals surface area contributed by atoms with Gasteiger partial charge in [-0.25, -0.2) is 0 Å². The van der Waals surface area contributed by atoms with Gasteiger partial charge < -0.3 is 19.0 Å². The second-order valence-corrected chi connectivity index (χ2v) is 16.1. The van der Waals surface area contributed by atoms with Crippen LogP contribution in [-0.4, -0.2) is 38.8 Å². The lowest BCUT2D eigenvalue weighted by Crippen LogP contribution is -2.53. The molecule has 4 nitrogen and oxygen atoms in total. The fraction of sp³-hybridized carbons (Fsp3) is 0.613. The van der Waals surface area contributed by atoms with Crippen molar-refractivity contribution in [3.8, 4) is 5.75 Å². The minimum atomic E-state index is -1.61. The Morgan fingerprint density at radius 1 is 1.14 bits per heavy atom. The second-order valence-electron chi connectivity index (χ2n) is 11.3. The Kier molecular flexibility index (Phi) is 9.14. The van der Waals surface area contributed by atoms with Crippen LogP contribution in [0.3, 0.4) is 0 Å². The zero-order valence-corrected chi connectivity index (χ0v) is 24.4. The summed E-state index contributed by atoms with van der Waals surface area (Å²) in [7, 11) is 0.0551. The van der Waals surface area contributed by atoms with Crippen molar-refractivity contribution in [3.63, 3.8) is 0 Å². The summed E-state index contributed by atoms with van der Waals surface area (Å²) < 4.78 is 18.2. The quantitative estimate of drug-likeness (QED) is 0.160. The van der Waals surface area contributed by atoms with Gasteiger partial charge in [-0.3, -0.25) is 0 Å². The predicted molar refractivity (Wildman–Crippen MR) is 152 cm³/mol. The topological polar surface area (TPSA) is 47.9 Å². The molecule has 0 amide bonds. The highest BCUT2D eigenvalue weighted by atomic mass is 28.4. The first-order valence-corrected chi connectivity index (χ1v) is 16.2. The Labute approximate surface area is 220 Å². The molecule has 0 aromatic heterocycles. The van der Waals surface area contributed by atoms with Crippen molar-refractivity contribution < 1.29 is 19.0 Å². The van der Waals surface area contributed by atoms with Crippen LogP contribution in [0.2, 0.25) is 18.1 Å². The fourth-order valence-electron chi connectivity index (χ4n) is 6.91. The SMILES string of the molecule is C=CC12CCC([C@@H](OCc3ccc(OC)cc3)[C@]1(O)/C=C\C(=C)CCO[Si](CC)(CC)CC)C2(C)C. The van der Waals surface area contributed by atoms with E-state index >= 15 is 0 Å². The second kappa shape index (κ2) is 11.4. The molecule has 2 fully saturated rings. The van der Waals surface area contributed by atoms with Crippen LogP contribution in [-0.2, 0) is 15.8 Å². The van der Waals surface area contributed by atoms with Crippen LogP contribution in [0.5, 0.6) is 5.75 Å². The summed E-state index contributed by atoms with van der Waals surface area (Å²) in [6.07, 6.45) is 8.33. The monoisotopic (exact) mass is 512 g/mol. The molecular formula is C31H48O4Si. The van der Waals surface area contributed by atoms with E-state index in [9.17, 15) is 5.11 Å². The molecule has 0 saturated heterocycles. The summed E-state index contributed by atoms with van der Waals surface area (Å²) in [6, 6.07) is 11.4. The standard InChI is InChI=1S/C31H48O4Si/c1-9-30-20-18-27(29(30,6)7)28(34-23-25-13-15-26(33-8)16-14-25)31(30,32)21-17-24(5)19-22-35-36(10-2,11-3)12-4/h9,13-17,21,27-28,32H,1,5,10-12,18-20,22-23H2,2-4,6-8H3/b21-17-/t27?,28-,30?,31-/m1/s1. The van der Waals surface area contributed by atoms with E-state index in [-0.39, 0.29) is 17.4 Å². The van der Waals surface area contributed by atoms with E-state index in [1.807, 2.05) is 42.5 Å². The third-order valence-corrected chi connectivity index (χ3v) is 14.4. The summed E-state index contributed by atoms with van der Waals surface area (Å²) in [4.78, 5) is 0. The Hall–Kier alpha value is -1.66. The van der Waals surface area contributed by atoms with Crippen molar-refractivity contribution in [2.75, 3.05) is 13.7 Å². The maximum atomic E-state index is 12.3. The van der Waals surface area contributed by atoms with Crippen LogP contribution in [0.15, 0.2) is 61.2 Å². The molecule has 2 aliphatic rings. The molecule has 2 unspecified atom stereocenters. The van der Waals surface area contributed by atoms with Gasteiger partial charge in [0, 0.05) is 12.0 Å². The number of methoxy groups -OCH3 is 1. The molecule has 36 heavy (non-hydrogen) atoms. The van der Waals surface area contributed by atoms with Gasteiger partial charge in [-0.1, -0.05) is 71.1 Å². The Morgan fingerprint density at radius 2 is 1.78 bits per heavy atom. The van der Waals surface area contributed by atoms with Gasteiger partial charge in [-0.2, -0.15) is 0 Å². The van der Waals surface area contributed by atoms with E-state index in [0.29, 0.717) is 13.2 Å². The fourth-order valence-corrected chi connectivity index (χ4v) is 9.56. The van der Waals surface area contributed by atoms with Crippen LogP contribution in [0.1, 0.15) is 59.4 Å². The van der Waals surface area contributed by atoms with E-state index in [0.717, 1.165) is 54.3 Å². The van der Waals surface area contributed by atoms with Crippen molar-refractivity contribution in [2.45, 2.75) is 90.3 Å². The first-order chi connectivity index (χ1) is 17.1. The van der Waals surface area contributed by atoms with Crippen LogP contribution in [0.25, 0.3) is 0 Å². The molecule has 0 spiro atoms. The number of hydrogen-bond acceptors (Lipinski definition) is 4. The molecular weight excluding hydrogens is 464 g/mol. The molecule has 2 bridgehead atoms. The molecule has 0 aliphatic heterocycles. The van der Waals surface area contributed by atoms with Crippen LogP contribution in [0.4, 0.5) is 0 Å². The average molecular weight is 513 g/mol. The van der Waals surface area contributed by atoms with Gasteiger partial charge in [-0.15, -0.1) is 6.58 Å². The lowest BCUT2D eigenvalue weighted by molar-refractivity contribution is -0.133. The van der Waals surface area contributed by atoms with Crippen molar-refractivity contribution in [1.29, 1.82) is 0 Å². The maximum absolute atomic E-state index is 12.3. The zero-order chi connectivity index (χ0) is 26.6. The van der Waals surface area contributed by atoms with Gasteiger partial charge in [0.15, 0.2) is 8.32 Å². The molecule has 0 heterocycles. The smallest absolute Gasteiger partial charge is 0.191 e. The number of rotatable bonds is 14. The van der Waals surface area contributed by atoms with Gasteiger partial charge >= 0.3 is 0 Å². The van der Waals surface area contributed by atoms with Crippen LogP contribution < -0.4 is 4.74 Å². The molecule has 3 rings (SSSR count). The normalized spacial score (nSPS) is 29.1. The molecule has 5 heteroatoms. The lowest BCUT2D eigenvalue weighted by Gasteiger charge is -2.46. The minimum absolute atomic E-state index is 0.128.